The summed E-state index contributed by atoms with van der Waals surface area (Å²) in [7, 11) is 3.56. The molecule has 0 aliphatic carbocycles. The third-order valence-electron chi connectivity index (χ3n) is 5.94. The Kier molecular flexibility index (Phi) is 4.54. The highest BCUT2D eigenvalue weighted by Gasteiger charge is 2.37. The number of amides is 2. The van der Waals surface area contributed by atoms with Crippen molar-refractivity contribution in [3.8, 4) is 11.1 Å². The molecule has 1 aliphatic rings. The van der Waals surface area contributed by atoms with Crippen molar-refractivity contribution in [1.29, 1.82) is 0 Å². The maximum atomic E-state index is 15.3. The summed E-state index contributed by atoms with van der Waals surface area (Å²) in [5.41, 5.74) is 9.84. The van der Waals surface area contributed by atoms with Crippen molar-refractivity contribution >= 4 is 28.6 Å². The molecule has 0 saturated carbocycles. The van der Waals surface area contributed by atoms with Gasteiger partial charge in [-0.05, 0) is 37.3 Å². The predicted molar refractivity (Wildman–Crippen MR) is 121 cm³/mol. The molecule has 162 valence electrons. The number of halogens is 1. The monoisotopic (exact) mass is 431 g/mol. The van der Waals surface area contributed by atoms with Crippen LogP contribution in [0.5, 0.6) is 0 Å². The molecule has 32 heavy (non-hydrogen) atoms. The van der Waals surface area contributed by atoms with Crippen LogP contribution in [0.15, 0.2) is 48.9 Å². The smallest absolute Gasteiger partial charge is 0.324 e. The molecule has 1 unspecified atom stereocenters. The van der Waals surface area contributed by atoms with Gasteiger partial charge in [0.05, 0.1) is 23.7 Å². The van der Waals surface area contributed by atoms with Gasteiger partial charge in [-0.25, -0.2) is 19.2 Å². The van der Waals surface area contributed by atoms with E-state index in [4.69, 9.17) is 5.73 Å². The molecule has 2 amide bonds. The molecule has 9 heteroatoms. The quantitative estimate of drug-likeness (QED) is 0.534. The maximum Gasteiger partial charge on any atom is 0.324 e. The number of likely N-dealkylation sites (N-methyl/N-ethyl adjacent to an activating group) is 1. The standard InChI is InChI=1S/C23H22FN7O/c1-13-5-4-6-18(28-13)19-11-31(23(32)30(19)3)14-7-8-15(17(24)9-14)16-10-29(2)22-20(16)21(25)26-12-27-22/h4-10,12,19H,11H2,1-3H3,(H2,25,26,27). The van der Waals surface area contributed by atoms with Crippen LogP contribution in [0.2, 0.25) is 0 Å². The van der Waals surface area contributed by atoms with Gasteiger partial charge in [-0.2, -0.15) is 0 Å². The summed E-state index contributed by atoms with van der Waals surface area (Å²) >= 11 is 0. The van der Waals surface area contributed by atoms with Crippen LogP contribution in [0, 0.1) is 12.7 Å². The maximum absolute atomic E-state index is 15.3. The summed E-state index contributed by atoms with van der Waals surface area (Å²) in [6, 6.07) is 10.1. The van der Waals surface area contributed by atoms with E-state index in [-0.39, 0.29) is 12.1 Å². The number of fused-ring (bicyclic) bond motifs is 1. The van der Waals surface area contributed by atoms with Gasteiger partial charge < -0.3 is 15.2 Å². The van der Waals surface area contributed by atoms with Gasteiger partial charge in [0.2, 0.25) is 0 Å². The summed E-state index contributed by atoms with van der Waals surface area (Å²) in [4.78, 5) is 29.0. The molecule has 0 spiro atoms. The number of rotatable bonds is 3. The topological polar surface area (TPSA) is 93.2 Å². The number of anilines is 2. The van der Waals surface area contributed by atoms with E-state index in [9.17, 15) is 4.79 Å². The van der Waals surface area contributed by atoms with Gasteiger partial charge >= 0.3 is 6.03 Å². The molecule has 8 nitrogen and oxygen atoms in total. The van der Waals surface area contributed by atoms with Gasteiger partial charge in [0.1, 0.15) is 23.6 Å². The van der Waals surface area contributed by atoms with Crippen LogP contribution in [-0.2, 0) is 7.05 Å². The average molecular weight is 431 g/mol. The number of carbonyl (C=O) groups is 1. The van der Waals surface area contributed by atoms with Crippen molar-refractivity contribution in [2.45, 2.75) is 13.0 Å². The van der Waals surface area contributed by atoms with E-state index in [2.05, 4.69) is 15.0 Å². The first-order chi connectivity index (χ1) is 15.3. The molecule has 4 heterocycles. The number of pyridine rings is 1. The number of carbonyl (C=O) groups excluding carboxylic acids is 1. The highest BCUT2D eigenvalue weighted by atomic mass is 19.1. The van der Waals surface area contributed by atoms with Gasteiger partial charge in [0.15, 0.2) is 0 Å². The lowest BCUT2D eigenvalue weighted by Crippen LogP contribution is -2.29. The van der Waals surface area contributed by atoms with E-state index >= 15 is 4.39 Å². The second kappa shape index (κ2) is 7.30. The number of hydrogen-bond acceptors (Lipinski definition) is 5. The van der Waals surface area contributed by atoms with E-state index < -0.39 is 5.82 Å². The fourth-order valence-corrected chi connectivity index (χ4v) is 4.28. The molecule has 4 aromatic rings. The van der Waals surface area contributed by atoms with Crippen LogP contribution < -0.4 is 10.6 Å². The Labute approximate surface area is 184 Å². The van der Waals surface area contributed by atoms with Gasteiger partial charge in [-0.15, -0.1) is 0 Å². The Morgan fingerprint density at radius 2 is 1.94 bits per heavy atom. The zero-order valence-corrected chi connectivity index (χ0v) is 18.0. The molecule has 1 aliphatic heterocycles. The van der Waals surface area contributed by atoms with Crippen LogP contribution in [0.1, 0.15) is 17.4 Å². The number of nitrogen functional groups attached to an aromatic ring is 1. The third-order valence-corrected chi connectivity index (χ3v) is 5.94. The van der Waals surface area contributed by atoms with E-state index in [1.807, 2.05) is 32.2 Å². The summed E-state index contributed by atoms with van der Waals surface area (Å²) in [6.07, 6.45) is 3.16. The van der Waals surface area contributed by atoms with Crippen LogP contribution in [0.3, 0.4) is 0 Å². The van der Waals surface area contributed by atoms with E-state index in [0.717, 1.165) is 11.4 Å². The first-order valence-electron chi connectivity index (χ1n) is 10.2. The molecule has 1 saturated heterocycles. The number of urea groups is 1. The fourth-order valence-electron chi connectivity index (χ4n) is 4.28. The molecule has 1 fully saturated rings. The molecule has 5 rings (SSSR count). The Bertz CT molecular complexity index is 1370. The predicted octanol–water partition coefficient (Wildman–Crippen LogP) is 3.67. The van der Waals surface area contributed by atoms with E-state index in [1.54, 1.807) is 39.7 Å². The molecule has 2 N–H and O–H groups in total. The highest BCUT2D eigenvalue weighted by Crippen LogP contribution is 2.37. The number of hydrogen-bond donors (Lipinski definition) is 1. The Balaban J connectivity index is 1.51. The SMILES string of the molecule is Cc1cccc(C2CN(c3ccc(-c4cn(C)c5ncnc(N)c45)c(F)c3)C(=O)N2C)n1. The largest absolute Gasteiger partial charge is 0.383 e. The third kappa shape index (κ3) is 3.05. The Hall–Kier alpha value is -4.01. The molecular formula is C23H22FN7O. The Morgan fingerprint density at radius 1 is 1.12 bits per heavy atom. The number of aryl methyl sites for hydroxylation is 2. The minimum Gasteiger partial charge on any atom is -0.383 e. The van der Waals surface area contributed by atoms with Gasteiger partial charge in [0.25, 0.3) is 0 Å². The molecule has 1 atom stereocenters. The number of aromatic nitrogens is 4. The summed E-state index contributed by atoms with van der Waals surface area (Å²) < 4.78 is 17.1. The van der Waals surface area contributed by atoms with Crippen molar-refractivity contribution in [1.82, 2.24) is 24.4 Å². The van der Waals surface area contributed by atoms with E-state index in [0.29, 0.717) is 40.2 Å². The molecule has 1 aromatic carbocycles. The van der Waals surface area contributed by atoms with E-state index in [1.165, 1.54) is 12.4 Å². The van der Waals surface area contributed by atoms with Crippen LogP contribution in [0.4, 0.5) is 20.7 Å². The molecule has 0 radical (unpaired) electrons. The van der Waals surface area contributed by atoms with Crippen molar-refractivity contribution in [3.63, 3.8) is 0 Å². The Morgan fingerprint density at radius 3 is 2.69 bits per heavy atom. The van der Waals surface area contributed by atoms with Crippen LogP contribution >= 0.6 is 0 Å². The molecule has 3 aromatic heterocycles. The van der Waals surface area contributed by atoms with Gasteiger partial charge in [0, 0.05) is 42.8 Å². The second-order valence-corrected chi connectivity index (χ2v) is 8.00. The van der Waals surface area contributed by atoms with Gasteiger partial charge in [-0.3, -0.25) is 9.88 Å². The molecular weight excluding hydrogens is 409 g/mol. The lowest BCUT2D eigenvalue weighted by molar-refractivity contribution is 0.218. The second-order valence-electron chi connectivity index (χ2n) is 8.00. The molecule has 0 bridgehead atoms. The summed E-state index contributed by atoms with van der Waals surface area (Å²) in [5.74, 6) is -0.162. The first-order valence-corrected chi connectivity index (χ1v) is 10.2. The van der Waals surface area contributed by atoms with Crippen molar-refractivity contribution in [3.05, 3.63) is 66.1 Å². The van der Waals surface area contributed by atoms with Gasteiger partial charge in [-0.1, -0.05) is 6.07 Å². The average Bonchev–Trinajstić information content (AvgIpc) is 3.26. The zero-order chi connectivity index (χ0) is 22.6. The van der Waals surface area contributed by atoms with Crippen molar-refractivity contribution in [2.24, 2.45) is 7.05 Å². The minimum atomic E-state index is -0.453. The summed E-state index contributed by atoms with van der Waals surface area (Å²) in [6.45, 7) is 2.30. The van der Waals surface area contributed by atoms with Crippen molar-refractivity contribution in [2.75, 3.05) is 24.2 Å². The van der Waals surface area contributed by atoms with Crippen LogP contribution in [-0.4, -0.2) is 44.0 Å². The lowest BCUT2D eigenvalue weighted by Gasteiger charge is -2.17. The summed E-state index contributed by atoms with van der Waals surface area (Å²) in [5, 5.41) is 0.601. The highest BCUT2D eigenvalue weighted by molar-refractivity contribution is 6.01. The minimum absolute atomic E-state index is 0.201. The fraction of sp³-hybridized carbons (Fsp3) is 0.217. The number of benzene rings is 1. The van der Waals surface area contributed by atoms with Crippen LogP contribution in [0.25, 0.3) is 22.2 Å². The normalized spacial score (nSPS) is 16.4. The van der Waals surface area contributed by atoms with Crippen molar-refractivity contribution < 1.29 is 9.18 Å². The zero-order valence-electron chi connectivity index (χ0n) is 18.0. The number of nitrogens with two attached hydrogens (primary N) is 1. The lowest BCUT2D eigenvalue weighted by atomic mass is 10.0. The number of nitrogens with zero attached hydrogens (tertiary/aromatic N) is 6. The first kappa shape index (κ1) is 19.9.